The second kappa shape index (κ2) is 8.71. The van der Waals surface area contributed by atoms with E-state index in [4.69, 9.17) is 9.47 Å². The van der Waals surface area contributed by atoms with E-state index in [0.717, 1.165) is 6.42 Å². The van der Waals surface area contributed by atoms with Crippen LogP contribution >= 0.6 is 11.8 Å². The molecule has 0 N–H and O–H groups in total. The predicted molar refractivity (Wildman–Crippen MR) is 87.6 cm³/mol. The van der Waals surface area contributed by atoms with E-state index in [1.54, 1.807) is 14.2 Å². The van der Waals surface area contributed by atoms with Crippen LogP contribution in [0.3, 0.4) is 0 Å². The standard InChI is InChI=1S/C17H28O2S/c1-7-13(4)16-8-15(11-19-6)17(20-12(2)3)9-14(16)10-18-5/h8-9,12-13H,7,10-11H2,1-6H3. The van der Waals surface area contributed by atoms with Gasteiger partial charge in [-0.2, -0.15) is 0 Å². The molecule has 0 saturated carbocycles. The van der Waals surface area contributed by atoms with Crippen LogP contribution in [0, 0.1) is 0 Å². The lowest BCUT2D eigenvalue weighted by Gasteiger charge is -2.20. The van der Waals surface area contributed by atoms with Gasteiger partial charge in [-0.3, -0.25) is 0 Å². The second-order valence-corrected chi connectivity index (χ2v) is 7.12. The number of hydrogen-bond donors (Lipinski definition) is 0. The lowest BCUT2D eigenvalue weighted by Crippen LogP contribution is -2.05. The first-order valence-corrected chi connectivity index (χ1v) is 8.21. The summed E-state index contributed by atoms with van der Waals surface area (Å²) in [6, 6.07) is 4.61. The van der Waals surface area contributed by atoms with Crippen LogP contribution in [0.5, 0.6) is 0 Å². The molecule has 1 rings (SSSR count). The van der Waals surface area contributed by atoms with Crippen molar-refractivity contribution in [3.63, 3.8) is 0 Å². The molecule has 2 nitrogen and oxygen atoms in total. The Labute approximate surface area is 128 Å². The van der Waals surface area contributed by atoms with Gasteiger partial charge in [-0.05, 0) is 35.1 Å². The number of benzene rings is 1. The van der Waals surface area contributed by atoms with Gasteiger partial charge < -0.3 is 9.47 Å². The number of ether oxygens (including phenoxy) is 2. The summed E-state index contributed by atoms with van der Waals surface area (Å²) in [6.45, 7) is 10.3. The largest absolute Gasteiger partial charge is 0.380 e. The van der Waals surface area contributed by atoms with E-state index in [2.05, 4.69) is 39.8 Å². The van der Waals surface area contributed by atoms with Crippen LogP contribution in [-0.2, 0) is 22.7 Å². The molecule has 1 aromatic carbocycles. The summed E-state index contributed by atoms with van der Waals surface area (Å²) in [5.74, 6) is 0.550. The molecular weight excluding hydrogens is 268 g/mol. The average Bonchev–Trinajstić information content (AvgIpc) is 2.40. The summed E-state index contributed by atoms with van der Waals surface area (Å²) >= 11 is 1.90. The molecule has 0 aliphatic rings. The highest BCUT2D eigenvalue weighted by atomic mass is 32.2. The Morgan fingerprint density at radius 3 is 2.10 bits per heavy atom. The fraction of sp³-hybridized carbons (Fsp3) is 0.647. The summed E-state index contributed by atoms with van der Waals surface area (Å²) in [5.41, 5.74) is 4.00. The molecule has 0 spiro atoms. The van der Waals surface area contributed by atoms with Gasteiger partial charge in [0.25, 0.3) is 0 Å². The van der Waals surface area contributed by atoms with Gasteiger partial charge in [0.05, 0.1) is 13.2 Å². The first-order chi connectivity index (χ1) is 9.53. The van der Waals surface area contributed by atoms with Crippen LogP contribution in [0.4, 0.5) is 0 Å². The minimum atomic E-state index is 0.550. The van der Waals surface area contributed by atoms with Crippen LogP contribution < -0.4 is 0 Å². The topological polar surface area (TPSA) is 18.5 Å². The normalized spacial score (nSPS) is 12.9. The highest BCUT2D eigenvalue weighted by molar-refractivity contribution is 8.00. The van der Waals surface area contributed by atoms with Crippen molar-refractivity contribution in [1.82, 2.24) is 0 Å². The third kappa shape index (κ3) is 4.80. The van der Waals surface area contributed by atoms with Crippen molar-refractivity contribution < 1.29 is 9.47 Å². The van der Waals surface area contributed by atoms with Gasteiger partial charge in [0.15, 0.2) is 0 Å². The van der Waals surface area contributed by atoms with Gasteiger partial charge in [-0.15, -0.1) is 11.8 Å². The van der Waals surface area contributed by atoms with Crippen molar-refractivity contribution in [2.45, 2.75) is 63.4 Å². The number of thioether (sulfide) groups is 1. The summed E-state index contributed by atoms with van der Waals surface area (Å²) in [5, 5.41) is 0.565. The highest BCUT2D eigenvalue weighted by Gasteiger charge is 2.15. The molecule has 20 heavy (non-hydrogen) atoms. The van der Waals surface area contributed by atoms with Crippen molar-refractivity contribution in [2.75, 3.05) is 14.2 Å². The molecule has 0 radical (unpaired) electrons. The van der Waals surface area contributed by atoms with Gasteiger partial charge in [0.2, 0.25) is 0 Å². The maximum Gasteiger partial charge on any atom is 0.0724 e. The fourth-order valence-electron chi connectivity index (χ4n) is 2.28. The van der Waals surface area contributed by atoms with E-state index >= 15 is 0 Å². The molecule has 0 aliphatic heterocycles. The fourth-order valence-corrected chi connectivity index (χ4v) is 3.26. The summed E-state index contributed by atoms with van der Waals surface area (Å²) in [6.07, 6.45) is 1.14. The number of rotatable bonds is 8. The van der Waals surface area contributed by atoms with E-state index in [-0.39, 0.29) is 0 Å². The molecule has 0 aromatic heterocycles. The van der Waals surface area contributed by atoms with Gasteiger partial charge in [0.1, 0.15) is 0 Å². The van der Waals surface area contributed by atoms with Crippen molar-refractivity contribution in [3.05, 3.63) is 28.8 Å². The van der Waals surface area contributed by atoms with Crippen molar-refractivity contribution in [1.29, 1.82) is 0 Å². The second-order valence-electron chi connectivity index (χ2n) is 5.50. The molecule has 0 bridgehead atoms. The van der Waals surface area contributed by atoms with Crippen LogP contribution in [0.25, 0.3) is 0 Å². The molecule has 0 fully saturated rings. The van der Waals surface area contributed by atoms with E-state index in [1.807, 2.05) is 11.8 Å². The molecule has 3 heteroatoms. The SMILES string of the molecule is CCC(C)c1cc(COC)c(SC(C)C)cc1COC. The van der Waals surface area contributed by atoms with Gasteiger partial charge in [-0.25, -0.2) is 0 Å². The number of methoxy groups -OCH3 is 2. The molecule has 1 atom stereocenters. The van der Waals surface area contributed by atoms with Crippen LogP contribution in [0.15, 0.2) is 17.0 Å². The molecular formula is C17H28O2S. The molecule has 0 aliphatic carbocycles. The Morgan fingerprint density at radius 2 is 1.60 bits per heavy atom. The van der Waals surface area contributed by atoms with Gasteiger partial charge >= 0.3 is 0 Å². The Bertz CT molecular complexity index is 416. The molecule has 1 aromatic rings. The first-order valence-electron chi connectivity index (χ1n) is 7.33. The van der Waals surface area contributed by atoms with E-state index in [0.29, 0.717) is 24.4 Å². The van der Waals surface area contributed by atoms with Crippen molar-refractivity contribution >= 4 is 11.8 Å². The van der Waals surface area contributed by atoms with E-state index in [9.17, 15) is 0 Å². The summed E-state index contributed by atoms with van der Waals surface area (Å²) < 4.78 is 10.8. The third-order valence-electron chi connectivity index (χ3n) is 3.43. The zero-order valence-electron chi connectivity index (χ0n) is 13.7. The molecule has 0 saturated heterocycles. The number of hydrogen-bond acceptors (Lipinski definition) is 3. The minimum absolute atomic E-state index is 0.550. The van der Waals surface area contributed by atoms with E-state index in [1.165, 1.54) is 21.6 Å². The zero-order chi connectivity index (χ0) is 15.1. The monoisotopic (exact) mass is 296 g/mol. The molecule has 1 unspecified atom stereocenters. The lowest BCUT2D eigenvalue weighted by atomic mass is 9.92. The van der Waals surface area contributed by atoms with Crippen LogP contribution in [0.2, 0.25) is 0 Å². The first kappa shape index (κ1) is 17.5. The molecule has 0 heterocycles. The van der Waals surface area contributed by atoms with Crippen LogP contribution in [-0.4, -0.2) is 19.5 Å². The minimum Gasteiger partial charge on any atom is -0.380 e. The third-order valence-corrected chi connectivity index (χ3v) is 4.53. The predicted octanol–water partition coefficient (Wildman–Crippen LogP) is 4.99. The Kier molecular flexibility index (Phi) is 7.63. The Balaban J connectivity index is 3.26. The highest BCUT2D eigenvalue weighted by Crippen LogP contribution is 2.33. The smallest absolute Gasteiger partial charge is 0.0724 e. The van der Waals surface area contributed by atoms with Crippen molar-refractivity contribution in [2.24, 2.45) is 0 Å². The lowest BCUT2D eigenvalue weighted by molar-refractivity contribution is 0.179. The van der Waals surface area contributed by atoms with Crippen LogP contribution in [0.1, 0.15) is 56.7 Å². The van der Waals surface area contributed by atoms with Gasteiger partial charge in [0, 0.05) is 24.4 Å². The Hall–Kier alpha value is -0.510. The quantitative estimate of drug-likeness (QED) is 0.629. The molecule has 114 valence electrons. The van der Waals surface area contributed by atoms with Gasteiger partial charge in [-0.1, -0.05) is 33.8 Å². The molecule has 0 amide bonds. The Morgan fingerprint density at radius 1 is 1.00 bits per heavy atom. The van der Waals surface area contributed by atoms with Crippen molar-refractivity contribution in [3.8, 4) is 0 Å². The summed E-state index contributed by atoms with van der Waals surface area (Å²) in [4.78, 5) is 1.32. The van der Waals surface area contributed by atoms with E-state index < -0.39 is 0 Å². The average molecular weight is 296 g/mol. The maximum atomic E-state index is 5.38. The maximum absolute atomic E-state index is 5.38. The zero-order valence-corrected chi connectivity index (χ0v) is 14.5. The summed E-state index contributed by atoms with van der Waals surface area (Å²) in [7, 11) is 3.52.